The predicted molar refractivity (Wildman–Crippen MR) is 82.7 cm³/mol. The Bertz CT molecular complexity index is 542. The first-order chi connectivity index (χ1) is 10.5. The molecule has 4 atom stereocenters. The van der Waals surface area contributed by atoms with Crippen LogP contribution in [0.15, 0.2) is 30.3 Å². The van der Waals surface area contributed by atoms with Gasteiger partial charge >= 0.3 is 0 Å². The highest BCUT2D eigenvalue weighted by atomic mass is 32.3. The molecule has 2 aliphatic rings. The number of hydrogen-bond acceptors (Lipinski definition) is 5. The van der Waals surface area contributed by atoms with E-state index in [1.807, 2.05) is 30.3 Å². The molecule has 3 rings (SSSR count). The van der Waals surface area contributed by atoms with Crippen molar-refractivity contribution in [1.82, 2.24) is 9.62 Å². The number of benzene rings is 1. The maximum absolute atomic E-state index is 11.9. The fourth-order valence-electron chi connectivity index (χ4n) is 3.15. The number of sulfonamides is 1. The second-order valence-electron chi connectivity index (χ2n) is 6.01. The molecule has 0 spiro atoms. The predicted octanol–water partition coefficient (Wildman–Crippen LogP) is 0.155. The maximum Gasteiger partial charge on any atom is 0.144 e. The Morgan fingerprint density at radius 1 is 1.41 bits per heavy atom. The van der Waals surface area contributed by atoms with E-state index >= 15 is 0 Å². The number of ether oxygens (including phenoxy) is 1. The van der Waals surface area contributed by atoms with Crippen molar-refractivity contribution >= 4 is 10.4 Å². The zero-order chi connectivity index (χ0) is 15.6. The lowest BCUT2D eigenvalue weighted by Crippen LogP contribution is -2.46. The molecule has 2 N–H and O–H groups in total. The highest BCUT2D eigenvalue weighted by molar-refractivity contribution is 7.96. The Morgan fingerprint density at radius 3 is 2.86 bits per heavy atom. The van der Waals surface area contributed by atoms with Gasteiger partial charge in [-0.25, -0.2) is 0 Å². The SMILES string of the molecule is O=[S+]1([O-])C[C@@H](N2CC[C@@H](O)C2)[C@@H](COCc2ccccc2)N1. The average molecular weight is 326 g/mol. The van der Waals surface area contributed by atoms with Crippen LogP contribution in [0.1, 0.15) is 12.0 Å². The molecular formula is C15H22N2O4S. The number of nitrogens with zero attached hydrogens (tertiary/aromatic N) is 1. The second kappa shape index (κ2) is 6.74. The summed E-state index contributed by atoms with van der Waals surface area (Å²) < 4.78 is 32.1. The van der Waals surface area contributed by atoms with Gasteiger partial charge in [0.2, 0.25) is 0 Å². The molecule has 0 bridgehead atoms. The zero-order valence-electron chi connectivity index (χ0n) is 12.4. The number of aliphatic hydroxyl groups excluding tert-OH is 1. The molecule has 2 heterocycles. The Morgan fingerprint density at radius 2 is 2.18 bits per heavy atom. The largest absolute Gasteiger partial charge is 0.598 e. The highest BCUT2D eigenvalue weighted by Gasteiger charge is 2.45. The van der Waals surface area contributed by atoms with Gasteiger partial charge in [-0.15, -0.1) is 4.72 Å². The van der Waals surface area contributed by atoms with Crippen LogP contribution in [-0.2, 0) is 26.0 Å². The Labute approximate surface area is 131 Å². The second-order valence-corrected chi connectivity index (χ2v) is 7.81. The lowest BCUT2D eigenvalue weighted by Gasteiger charge is -2.25. The lowest BCUT2D eigenvalue weighted by molar-refractivity contribution is 0.0774. The quantitative estimate of drug-likeness (QED) is 0.753. The third kappa shape index (κ3) is 3.92. The van der Waals surface area contributed by atoms with Gasteiger partial charge in [-0.05, 0) is 12.0 Å². The minimum Gasteiger partial charge on any atom is -0.598 e. The molecule has 0 aliphatic carbocycles. The molecule has 2 aliphatic heterocycles. The molecule has 2 saturated heterocycles. The summed E-state index contributed by atoms with van der Waals surface area (Å²) in [6.45, 7) is 2.08. The molecule has 2 fully saturated rings. The summed E-state index contributed by atoms with van der Waals surface area (Å²) in [6.07, 6.45) is 0.350. The number of rotatable bonds is 5. The molecule has 0 aromatic heterocycles. The Kier molecular flexibility index (Phi) is 4.91. The van der Waals surface area contributed by atoms with E-state index in [9.17, 15) is 13.9 Å². The summed E-state index contributed by atoms with van der Waals surface area (Å²) >= 11 is 0. The van der Waals surface area contributed by atoms with Crippen molar-refractivity contribution < 1.29 is 18.6 Å². The van der Waals surface area contributed by atoms with Gasteiger partial charge in [0.1, 0.15) is 16.2 Å². The third-order valence-electron chi connectivity index (χ3n) is 4.26. The molecule has 0 radical (unpaired) electrons. The van der Waals surface area contributed by atoms with Crippen LogP contribution in [0.3, 0.4) is 0 Å². The van der Waals surface area contributed by atoms with E-state index < -0.39 is 10.4 Å². The van der Waals surface area contributed by atoms with Crippen LogP contribution in [0.2, 0.25) is 0 Å². The van der Waals surface area contributed by atoms with Crippen LogP contribution >= 0.6 is 0 Å². The molecule has 1 aromatic carbocycles. The molecule has 0 amide bonds. The van der Waals surface area contributed by atoms with E-state index in [1.165, 1.54) is 0 Å². The highest BCUT2D eigenvalue weighted by Crippen LogP contribution is 2.23. The normalized spacial score (nSPS) is 36.0. The smallest absolute Gasteiger partial charge is 0.144 e. The first-order valence-electron chi connectivity index (χ1n) is 7.57. The van der Waals surface area contributed by atoms with E-state index in [1.54, 1.807) is 0 Å². The van der Waals surface area contributed by atoms with Gasteiger partial charge in [0.05, 0.1) is 31.4 Å². The number of aliphatic hydroxyl groups is 1. The third-order valence-corrected chi connectivity index (χ3v) is 5.70. The van der Waals surface area contributed by atoms with Crippen molar-refractivity contribution in [3.63, 3.8) is 0 Å². The number of nitrogens with one attached hydrogen (secondary N) is 1. The van der Waals surface area contributed by atoms with Crippen LogP contribution in [0, 0.1) is 0 Å². The first-order valence-corrected chi connectivity index (χ1v) is 9.22. The van der Waals surface area contributed by atoms with Crippen LogP contribution in [0.5, 0.6) is 0 Å². The summed E-state index contributed by atoms with van der Waals surface area (Å²) in [6, 6.07) is 9.43. The fraction of sp³-hybridized carbons (Fsp3) is 0.600. The number of likely N-dealkylation sites (tertiary alicyclic amines) is 1. The van der Waals surface area contributed by atoms with Crippen LogP contribution in [-0.4, -0.2) is 58.2 Å². The maximum atomic E-state index is 11.9. The Balaban J connectivity index is 1.57. The molecule has 122 valence electrons. The summed E-state index contributed by atoms with van der Waals surface area (Å²) in [4.78, 5) is 2.05. The van der Waals surface area contributed by atoms with Gasteiger partial charge in [-0.1, -0.05) is 34.5 Å². The summed E-state index contributed by atoms with van der Waals surface area (Å²) in [7, 11) is -3.25. The van der Waals surface area contributed by atoms with E-state index in [0.29, 0.717) is 26.2 Å². The van der Waals surface area contributed by atoms with E-state index in [0.717, 1.165) is 12.1 Å². The lowest BCUT2D eigenvalue weighted by atomic mass is 10.1. The van der Waals surface area contributed by atoms with Gasteiger partial charge in [0, 0.05) is 13.1 Å². The minimum absolute atomic E-state index is 0.0824. The van der Waals surface area contributed by atoms with E-state index in [4.69, 9.17) is 4.74 Å². The zero-order valence-corrected chi connectivity index (χ0v) is 13.2. The molecular weight excluding hydrogens is 304 g/mol. The van der Waals surface area contributed by atoms with Gasteiger partial charge < -0.3 is 14.4 Å². The number of hydrogen-bond donors (Lipinski definition) is 2. The molecule has 1 aromatic rings. The van der Waals surface area contributed by atoms with Gasteiger partial charge in [0.15, 0.2) is 0 Å². The number of β-amino-alcohol motifs (C(OH)–C–C–N with tert-alkyl or cyclic N) is 1. The minimum atomic E-state index is -3.25. The summed E-state index contributed by atoms with van der Waals surface area (Å²) in [5.41, 5.74) is 1.07. The summed E-state index contributed by atoms with van der Waals surface area (Å²) in [5, 5.41) is 9.66. The van der Waals surface area contributed by atoms with Crippen molar-refractivity contribution in [3.05, 3.63) is 35.9 Å². The first kappa shape index (κ1) is 16.0. The van der Waals surface area contributed by atoms with Crippen LogP contribution in [0.25, 0.3) is 0 Å². The monoisotopic (exact) mass is 326 g/mol. The standard InChI is InChI=1S/C15H22N2O4S/c18-13-6-7-17(8-13)15-11-22(19,20)16-14(15)10-21-9-12-4-2-1-3-5-12/h1-5,13-15,18H,6-11H2,(H-,16,19,20)/t13-,14-,15-/m1/s1. The Hall–Kier alpha value is -0.830. The van der Waals surface area contributed by atoms with Gasteiger partial charge in [-0.2, -0.15) is 0 Å². The van der Waals surface area contributed by atoms with E-state index in [-0.39, 0.29) is 23.9 Å². The topological polar surface area (TPSA) is 84.9 Å². The summed E-state index contributed by atoms with van der Waals surface area (Å²) in [5.74, 6) is 0.0824. The van der Waals surface area contributed by atoms with Crippen LogP contribution < -0.4 is 4.72 Å². The fourth-order valence-corrected chi connectivity index (χ4v) is 4.83. The van der Waals surface area contributed by atoms with Crippen molar-refractivity contribution in [3.8, 4) is 0 Å². The van der Waals surface area contributed by atoms with Crippen molar-refractivity contribution in [2.45, 2.75) is 31.2 Å². The molecule has 6 nitrogen and oxygen atoms in total. The molecule has 7 heteroatoms. The average Bonchev–Trinajstić information content (AvgIpc) is 3.03. The van der Waals surface area contributed by atoms with Crippen molar-refractivity contribution in [1.29, 1.82) is 0 Å². The van der Waals surface area contributed by atoms with Crippen molar-refractivity contribution in [2.24, 2.45) is 0 Å². The molecule has 22 heavy (non-hydrogen) atoms. The van der Waals surface area contributed by atoms with E-state index in [2.05, 4.69) is 9.62 Å². The molecule has 0 saturated carbocycles. The van der Waals surface area contributed by atoms with Gasteiger partial charge in [0.25, 0.3) is 0 Å². The van der Waals surface area contributed by atoms with Gasteiger partial charge in [-0.3, -0.25) is 4.90 Å². The molecule has 1 unspecified atom stereocenters. The van der Waals surface area contributed by atoms with Crippen LogP contribution in [0.4, 0.5) is 0 Å². The van der Waals surface area contributed by atoms with Crippen molar-refractivity contribution in [2.75, 3.05) is 25.4 Å².